The quantitative estimate of drug-likeness (QED) is 0.421. The first-order valence-corrected chi connectivity index (χ1v) is 12.9. The molecule has 194 valence electrons. The lowest BCUT2D eigenvalue weighted by Crippen LogP contribution is -2.27. The summed E-state index contributed by atoms with van der Waals surface area (Å²) in [6.07, 6.45) is 8.53. The molecule has 8 heteroatoms. The zero-order chi connectivity index (χ0) is 25.9. The van der Waals surface area contributed by atoms with Crippen LogP contribution in [-0.4, -0.2) is 35.0 Å². The zero-order valence-electron chi connectivity index (χ0n) is 20.6. The van der Waals surface area contributed by atoms with Crippen LogP contribution in [-0.2, 0) is 11.2 Å². The number of hydrogen-bond acceptors (Lipinski definition) is 5. The molecule has 0 bridgehead atoms. The number of Topliss-reactive ketones (excluding diaryl/α,β-unsaturated/α-hetero) is 1. The van der Waals surface area contributed by atoms with Crippen molar-refractivity contribution in [3.8, 4) is 11.3 Å². The molecule has 3 heterocycles. The van der Waals surface area contributed by atoms with E-state index >= 15 is 8.78 Å². The minimum absolute atomic E-state index is 0.000632. The number of nitrogens with zero attached hydrogens (tertiary/aromatic N) is 2. The molecule has 1 saturated carbocycles. The number of ketones is 1. The Kier molecular flexibility index (Phi) is 7.67. The number of halogens is 3. The van der Waals surface area contributed by atoms with E-state index in [1.165, 1.54) is 18.2 Å². The molecule has 1 aliphatic carbocycles. The Balaban J connectivity index is 1.42. The summed E-state index contributed by atoms with van der Waals surface area (Å²) in [5.74, 6) is -2.86. The lowest BCUT2D eigenvalue weighted by molar-refractivity contribution is 0.0852. The van der Waals surface area contributed by atoms with Crippen molar-refractivity contribution in [3.05, 3.63) is 82.6 Å². The van der Waals surface area contributed by atoms with Crippen LogP contribution in [0.25, 0.3) is 11.3 Å². The van der Waals surface area contributed by atoms with Gasteiger partial charge in [-0.25, -0.2) is 18.2 Å². The summed E-state index contributed by atoms with van der Waals surface area (Å²) in [6, 6.07) is 6.80. The second-order valence-corrected chi connectivity index (χ2v) is 10.1. The molecule has 3 aromatic rings. The third kappa shape index (κ3) is 5.60. The second kappa shape index (κ2) is 11.1. The van der Waals surface area contributed by atoms with Gasteiger partial charge in [0, 0.05) is 38.1 Å². The van der Waals surface area contributed by atoms with Gasteiger partial charge >= 0.3 is 0 Å². The number of pyridine rings is 2. The molecule has 2 aromatic heterocycles. The average molecular weight is 510 g/mol. The van der Waals surface area contributed by atoms with Crippen LogP contribution in [0.4, 0.5) is 13.2 Å². The minimum Gasteiger partial charge on any atom is -0.381 e. The van der Waals surface area contributed by atoms with E-state index < -0.39 is 28.7 Å². The predicted molar refractivity (Wildman–Crippen MR) is 134 cm³/mol. The van der Waals surface area contributed by atoms with E-state index in [-0.39, 0.29) is 35.8 Å². The highest BCUT2D eigenvalue weighted by atomic mass is 19.1. The van der Waals surface area contributed by atoms with Gasteiger partial charge in [0.2, 0.25) is 0 Å². The molecular weight excluding hydrogens is 479 g/mol. The molecule has 1 aromatic carbocycles. The van der Waals surface area contributed by atoms with Crippen molar-refractivity contribution >= 4 is 5.78 Å². The molecular formula is C29H30F3N3O2. The fourth-order valence-corrected chi connectivity index (χ4v) is 5.62. The van der Waals surface area contributed by atoms with E-state index in [0.29, 0.717) is 31.6 Å². The van der Waals surface area contributed by atoms with Crippen molar-refractivity contribution in [2.24, 2.45) is 5.73 Å². The smallest absolute Gasteiger partial charge is 0.185 e. The number of nitrogens with two attached hydrogens (primary N) is 1. The van der Waals surface area contributed by atoms with Gasteiger partial charge in [0.1, 0.15) is 28.8 Å². The molecule has 0 amide bonds. The van der Waals surface area contributed by atoms with E-state index in [9.17, 15) is 9.18 Å². The first-order chi connectivity index (χ1) is 17.9. The molecule has 2 atom stereocenters. The van der Waals surface area contributed by atoms with Gasteiger partial charge in [-0.1, -0.05) is 6.42 Å². The Labute approximate surface area is 214 Å². The van der Waals surface area contributed by atoms with Crippen molar-refractivity contribution < 1.29 is 22.7 Å². The number of hydrogen-bond donors (Lipinski definition) is 1. The van der Waals surface area contributed by atoms with Gasteiger partial charge in [-0.15, -0.1) is 0 Å². The number of aromatic nitrogens is 2. The zero-order valence-corrected chi connectivity index (χ0v) is 20.6. The summed E-state index contributed by atoms with van der Waals surface area (Å²) in [4.78, 5) is 21.5. The summed E-state index contributed by atoms with van der Waals surface area (Å²) in [5, 5.41) is 0. The van der Waals surface area contributed by atoms with E-state index in [0.717, 1.165) is 42.9 Å². The molecule has 0 unspecified atom stereocenters. The molecule has 0 spiro atoms. The number of carbonyl (C=O) groups is 1. The standard InChI is InChI=1S/C29H30F3N3O2/c30-23-4-5-26(27(36)15-20-16-34-9-6-22(20)18-2-1-3-21(33)12-18)35-29(23)28-24(31)13-19(14-25(28)32)17-7-10-37-11-8-17/h4-6,9,13-14,16-18,21H,1-3,7-8,10-12,15,33H2/t18-,21+/m1/s1. The number of rotatable bonds is 6. The fourth-order valence-electron chi connectivity index (χ4n) is 5.62. The number of ether oxygens (including phenoxy) is 1. The van der Waals surface area contributed by atoms with Crippen LogP contribution < -0.4 is 5.73 Å². The molecule has 1 saturated heterocycles. The monoisotopic (exact) mass is 509 g/mol. The van der Waals surface area contributed by atoms with E-state index in [2.05, 4.69) is 9.97 Å². The van der Waals surface area contributed by atoms with Crippen molar-refractivity contribution in [2.75, 3.05) is 13.2 Å². The third-order valence-corrected chi connectivity index (χ3v) is 7.57. The summed E-state index contributed by atoms with van der Waals surface area (Å²) in [7, 11) is 0. The molecule has 37 heavy (non-hydrogen) atoms. The maximum atomic E-state index is 15.1. The summed E-state index contributed by atoms with van der Waals surface area (Å²) < 4.78 is 50.3. The van der Waals surface area contributed by atoms with Gasteiger partial charge in [0.05, 0.1) is 5.56 Å². The largest absolute Gasteiger partial charge is 0.381 e. The molecule has 5 nitrogen and oxygen atoms in total. The number of carbonyl (C=O) groups excluding carboxylic acids is 1. The number of benzene rings is 1. The topological polar surface area (TPSA) is 78.1 Å². The van der Waals surface area contributed by atoms with Crippen LogP contribution in [0.1, 0.15) is 77.5 Å². The van der Waals surface area contributed by atoms with E-state index in [4.69, 9.17) is 10.5 Å². The fraction of sp³-hybridized carbons (Fsp3) is 0.414. The van der Waals surface area contributed by atoms with Gasteiger partial charge in [-0.05, 0) is 91.0 Å². The normalized spacial score (nSPS) is 20.6. The first kappa shape index (κ1) is 25.5. The molecule has 1 aliphatic heterocycles. The van der Waals surface area contributed by atoms with Crippen molar-refractivity contribution in [2.45, 2.75) is 62.8 Å². The Hall–Kier alpha value is -3.10. The predicted octanol–water partition coefficient (Wildman–Crippen LogP) is 5.87. The lowest BCUT2D eigenvalue weighted by Gasteiger charge is -2.28. The minimum atomic E-state index is -0.902. The highest BCUT2D eigenvalue weighted by Gasteiger charge is 2.26. The van der Waals surface area contributed by atoms with Crippen molar-refractivity contribution in [1.82, 2.24) is 9.97 Å². The summed E-state index contributed by atoms with van der Waals surface area (Å²) >= 11 is 0. The maximum absolute atomic E-state index is 15.1. The Bertz CT molecular complexity index is 1270. The maximum Gasteiger partial charge on any atom is 0.185 e. The van der Waals surface area contributed by atoms with E-state index in [1.807, 2.05) is 6.07 Å². The Morgan fingerprint density at radius 3 is 2.46 bits per heavy atom. The van der Waals surface area contributed by atoms with Gasteiger partial charge in [-0.2, -0.15) is 0 Å². The Morgan fingerprint density at radius 2 is 1.73 bits per heavy atom. The molecule has 0 radical (unpaired) electrons. The van der Waals surface area contributed by atoms with Gasteiger partial charge < -0.3 is 10.5 Å². The van der Waals surface area contributed by atoms with Crippen LogP contribution >= 0.6 is 0 Å². The first-order valence-electron chi connectivity index (χ1n) is 12.9. The van der Waals surface area contributed by atoms with Crippen LogP contribution in [0.15, 0.2) is 42.7 Å². The SMILES string of the molecule is N[C@H]1CCC[C@@H](c2ccncc2CC(=O)c2ccc(F)c(-c3c(F)cc(C4CCOCC4)cc3F)n2)C1. The average Bonchev–Trinajstić information content (AvgIpc) is 2.90. The molecule has 2 fully saturated rings. The van der Waals surface area contributed by atoms with Crippen LogP contribution in [0, 0.1) is 17.5 Å². The molecule has 5 rings (SSSR count). The summed E-state index contributed by atoms with van der Waals surface area (Å²) in [5.41, 5.74) is 7.34. The van der Waals surface area contributed by atoms with Crippen molar-refractivity contribution in [1.29, 1.82) is 0 Å². The van der Waals surface area contributed by atoms with Crippen LogP contribution in [0.2, 0.25) is 0 Å². The van der Waals surface area contributed by atoms with Crippen LogP contribution in [0.3, 0.4) is 0 Å². The van der Waals surface area contributed by atoms with E-state index in [1.54, 1.807) is 12.4 Å². The highest BCUT2D eigenvalue weighted by Crippen LogP contribution is 2.35. The van der Waals surface area contributed by atoms with Crippen LogP contribution in [0.5, 0.6) is 0 Å². The lowest BCUT2D eigenvalue weighted by atomic mass is 9.80. The van der Waals surface area contributed by atoms with Gasteiger partial charge in [-0.3, -0.25) is 9.78 Å². The van der Waals surface area contributed by atoms with Gasteiger partial charge in [0.15, 0.2) is 5.78 Å². The van der Waals surface area contributed by atoms with Crippen molar-refractivity contribution in [3.63, 3.8) is 0 Å². The molecule has 2 aliphatic rings. The third-order valence-electron chi connectivity index (χ3n) is 7.57. The van der Waals surface area contributed by atoms with Gasteiger partial charge in [0.25, 0.3) is 0 Å². The Morgan fingerprint density at radius 1 is 0.973 bits per heavy atom. The highest BCUT2D eigenvalue weighted by molar-refractivity contribution is 5.96. The second-order valence-electron chi connectivity index (χ2n) is 10.1. The summed E-state index contributed by atoms with van der Waals surface area (Å²) in [6.45, 7) is 1.06. The molecule has 2 N–H and O–H groups in total.